The number of nitrogens with zero attached hydrogens (tertiary/aromatic N) is 1. The number of rotatable bonds is 6. The van der Waals surface area contributed by atoms with Crippen LogP contribution >= 0.6 is 0 Å². The molecule has 0 amide bonds. The van der Waals surface area contributed by atoms with Crippen LogP contribution in [-0.2, 0) is 4.74 Å². The highest BCUT2D eigenvalue weighted by Gasteiger charge is 2.29. The van der Waals surface area contributed by atoms with Crippen molar-refractivity contribution in [2.45, 2.75) is 58.1 Å². The van der Waals surface area contributed by atoms with Crippen LogP contribution in [0.4, 0.5) is 0 Å². The quantitative estimate of drug-likeness (QED) is 0.790. The van der Waals surface area contributed by atoms with Crippen molar-refractivity contribution in [3.63, 3.8) is 0 Å². The fourth-order valence-electron chi connectivity index (χ4n) is 3.36. The molecule has 1 saturated heterocycles. The molecule has 2 fully saturated rings. The molecule has 106 valence electrons. The first kappa shape index (κ1) is 14.3. The summed E-state index contributed by atoms with van der Waals surface area (Å²) in [5.74, 6) is 1.04. The molecular weight excluding hydrogens is 226 g/mol. The molecule has 1 N–H and O–H groups in total. The largest absolute Gasteiger partial charge is 0.391 e. The summed E-state index contributed by atoms with van der Waals surface area (Å²) in [4.78, 5) is 2.54. The Morgan fingerprint density at radius 1 is 1.17 bits per heavy atom. The summed E-state index contributed by atoms with van der Waals surface area (Å²) in [5.41, 5.74) is 0. The second kappa shape index (κ2) is 6.88. The monoisotopic (exact) mass is 255 g/mol. The van der Waals surface area contributed by atoms with Crippen LogP contribution in [0.2, 0.25) is 0 Å². The van der Waals surface area contributed by atoms with Gasteiger partial charge in [-0.3, -0.25) is 4.90 Å². The summed E-state index contributed by atoms with van der Waals surface area (Å²) < 4.78 is 5.39. The van der Waals surface area contributed by atoms with Crippen LogP contribution in [0.15, 0.2) is 0 Å². The van der Waals surface area contributed by atoms with Crippen LogP contribution in [0, 0.1) is 11.8 Å². The van der Waals surface area contributed by atoms with Gasteiger partial charge in [-0.2, -0.15) is 0 Å². The van der Waals surface area contributed by atoms with Crippen LogP contribution in [0.1, 0.15) is 46.0 Å². The van der Waals surface area contributed by atoms with E-state index in [4.69, 9.17) is 4.74 Å². The van der Waals surface area contributed by atoms with Gasteiger partial charge in [0.1, 0.15) is 0 Å². The predicted octanol–water partition coefficient (Wildman–Crippen LogP) is 2.28. The Hall–Kier alpha value is -0.120. The van der Waals surface area contributed by atoms with Crippen molar-refractivity contribution in [2.75, 3.05) is 26.3 Å². The molecule has 2 unspecified atom stereocenters. The first-order chi connectivity index (χ1) is 8.66. The molecule has 1 aliphatic carbocycles. The van der Waals surface area contributed by atoms with Crippen molar-refractivity contribution >= 4 is 0 Å². The molecule has 0 bridgehead atoms. The molecule has 3 heteroatoms. The number of hydrogen-bond donors (Lipinski definition) is 1. The fraction of sp³-hybridized carbons (Fsp3) is 1.00. The van der Waals surface area contributed by atoms with E-state index in [9.17, 15) is 5.11 Å². The molecule has 2 rings (SSSR count). The minimum absolute atomic E-state index is 0.202. The van der Waals surface area contributed by atoms with Crippen molar-refractivity contribution in [1.82, 2.24) is 4.90 Å². The van der Waals surface area contributed by atoms with Gasteiger partial charge in [0.15, 0.2) is 0 Å². The zero-order chi connectivity index (χ0) is 13.0. The maximum atomic E-state index is 10.4. The van der Waals surface area contributed by atoms with E-state index < -0.39 is 0 Å². The van der Waals surface area contributed by atoms with E-state index in [-0.39, 0.29) is 6.10 Å². The smallest absolute Gasteiger partial charge is 0.0718 e. The van der Waals surface area contributed by atoms with Crippen molar-refractivity contribution in [3.05, 3.63) is 0 Å². The zero-order valence-electron chi connectivity index (χ0n) is 12.0. The van der Waals surface area contributed by atoms with Crippen LogP contribution in [0.3, 0.4) is 0 Å². The lowest BCUT2D eigenvalue weighted by molar-refractivity contribution is 0.0371. The van der Waals surface area contributed by atoms with Gasteiger partial charge in [0, 0.05) is 31.7 Å². The summed E-state index contributed by atoms with van der Waals surface area (Å²) in [7, 11) is 0. The Morgan fingerprint density at radius 3 is 2.44 bits per heavy atom. The molecule has 0 aromatic heterocycles. The average Bonchev–Trinajstić information content (AvgIpc) is 3.01. The summed E-state index contributed by atoms with van der Waals surface area (Å²) in [6, 6.07) is 0.712. The minimum atomic E-state index is -0.202. The van der Waals surface area contributed by atoms with Gasteiger partial charge < -0.3 is 9.84 Å². The Balaban J connectivity index is 1.86. The van der Waals surface area contributed by atoms with Gasteiger partial charge in [-0.25, -0.2) is 0 Å². The Labute approximate surface area is 112 Å². The molecule has 3 nitrogen and oxygen atoms in total. The second-order valence-electron chi connectivity index (χ2n) is 6.48. The third-order valence-electron chi connectivity index (χ3n) is 4.37. The lowest BCUT2D eigenvalue weighted by Crippen LogP contribution is -2.43. The highest BCUT2D eigenvalue weighted by molar-refractivity contribution is 4.82. The van der Waals surface area contributed by atoms with Gasteiger partial charge in [-0.05, 0) is 25.2 Å². The van der Waals surface area contributed by atoms with Crippen molar-refractivity contribution in [2.24, 2.45) is 11.8 Å². The second-order valence-corrected chi connectivity index (χ2v) is 6.48. The van der Waals surface area contributed by atoms with Crippen LogP contribution in [0.25, 0.3) is 0 Å². The highest BCUT2D eigenvalue weighted by atomic mass is 16.5. The Bertz CT molecular complexity index is 233. The molecule has 0 aromatic carbocycles. The van der Waals surface area contributed by atoms with E-state index in [1.54, 1.807) is 0 Å². The summed E-state index contributed by atoms with van der Waals surface area (Å²) in [6.07, 6.45) is 6.19. The molecule has 1 aliphatic heterocycles. The van der Waals surface area contributed by atoms with Crippen molar-refractivity contribution in [3.8, 4) is 0 Å². The van der Waals surface area contributed by atoms with E-state index >= 15 is 0 Å². The van der Waals surface area contributed by atoms with Gasteiger partial charge >= 0.3 is 0 Å². The van der Waals surface area contributed by atoms with Crippen LogP contribution in [0.5, 0.6) is 0 Å². The summed E-state index contributed by atoms with van der Waals surface area (Å²) in [5, 5.41) is 10.4. The van der Waals surface area contributed by atoms with Crippen molar-refractivity contribution < 1.29 is 9.84 Å². The predicted molar refractivity (Wildman–Crippen MR) is 73.6 cm³/mol. The molecule has 0 spiro atoms. The van der Waals surface area contributed by atoms with Crippen LogP contribution < -0.4 is 0 Å². The fourth-order valence-corrected chi connectivity index (χ4v) is 3.36. The third-order valence-corrected chi connectivity index (χ3v) is 4.37. The topological polar surface area (TPSA) is 32.7 Å². The van der Waals surface area contributed by atoms with Gasteiger partial charge in [-0.1, -0.05) is 26.7 Å². The summed E-state index contributed by atoms with van der Waals surface area (Å²) >= 11 is 0. The molecule has 2 atom stereocenters. The van der Waals surface area contributed by atoms with Crippen molar-refractivity contribution in [1.29, 1.82) is 0 Å². The normalized spacial score (nSPS) is 27.5. The zero-order valence-corrected chi connectivity index (χ0v) is 12.0. The van der Waals surface area contributed by atoms with E-state index in [0.717, 1.165) is 32.7 Å². The number of aliphatic hydroxyl groups excluding tert-OH is 1. The number of aliphatic hydroxyl groups is 1. The maximum Gasteiger partial charge on any atom is 0.0718 e. The average molecular weight is 255 g/mol. The minimum Gasteiger partial charge on any atom is -0.391 e. The van der Waals surface area contributed by atoms with Crippen LogP contribution in [-0.4, -0.2) is 48.5 Å². The lowest BCUT2D eigenvalue weighted by atomic mass is 10.00. The number of hydrogen-bond acceptors (Lipinski definition) is 3. The first-order valence-corrected chi connectivity index (χ1v) is 7.66. The molecular formula is C15H29NO2. The van der Waals surface area contributed by atoms with E-state index in [1.165, 1.54) is 25.7 Å². The molecule has 0 radical (unpaired) electrons. The molecule has 1 saturated carbocycles. The standard InChI is InChI=1S/C15H29NO2/c1-12(2)9-16(14-5-3-4-6-14)10-15(17)13-7-8-18-11-13/h12-15,17H,3-11H2,1-2H3. The first-order valence-electron chi connectivity index (χ1n) is 7.66. The number of ether oxygens (including phenoxy) is 1. The molecule has 0 aromatic rings. The van der Waals surface area contributed by atoms with E-state index in [0.29, 0.717) is 17.9 Å². The molecule has 1 heterocycles. The maximum absolute atomic E-state index is 10.4. The van der Waals surface area contributed by atoms with Gasteiger partial charge in [-0.15, -0.1) is 0 Å². The Morgan fingerprint density at radius 2 is 1.89 bits per heavy atom. The van der Waals surface area contributed by atoms with Gasteiger partial charge in [0.05, 0.1) is 12.7 Å². The highest BCUT2D eigenvalue weighted by Crippen LogP contribution is 2.26. The van der Waals surface area contributed by atoms with Gasteiger partial charge in [0.25, 0.3) is 0 Å². The SMILES string of the molecule is CC(C)CN(CC(O)C1CCOC1)C1CCCC1. The Kier molecular flexibility index (Phi) is 5.46. The molecule has 2 aliphatic rings. The van der Waals surface area contributed by atoms with Gasteiger partial charge in [0.2, 0.25) is 0 Å². The summed E-state index contributed by atoms with van der Waals surface area (Å²) in [6.45, 7) is 8.09. The van der Waals surface area contributed by atoms with E-state index in [1.807, 2.05) is 0 Å². The third kappa shape index (κ3) is 3.94. The molecule has 18 heavy (non-hydrogen) atoms. The lowest BCUT2D eigenvalue weighted by Gasteiger charge is -2.33. The van der Waals surface area contributed by atoms with E-state index in [2.05, 4.69) is 18.7 Å².